The van der Waals surface area contributed by atoms with Crippen LogP contribution < -0.4 is 0 Å². The van der Waals surface area contributed by atoms with Crippen LogP contribution in [-0.4, -0.2) is 19.6 Å². The molecule has 0 bridgehead atoms. The summed E-state index contributed by atoms with van der Waals surface area (Å²) in [5.41, 5.74) is 1.62. The van der Waals surface area contributed by atoms with Gasteiger partial charge in [0.05, 0.1) is 22.7 Å². The van der Waals surface area contributed by atoms with Crippen molar-refractivity contribution in [1.82, 2.24) is 14.5 Å². The molecular formula is C10H13N3OS. The largest absolute Gasteiger partial charge is 0.386 e. The molecule has 0 aromatic carbocycles. The number of aryl methyl sites for hydroxylation is 2. The molecule has 0 amide bonds. The second-order valence-corrected chi connectivity index (χ2v) is 4.60. The number of imidazole rings is 1. The minimum absolute atomic E-state index is 0.529. The van der Waals surface area contributed by atoms with Gasteiger partial charge in [-0.05, 0) is 6.92 Å². The van der Waals surface area contributed by atoms with Crippen LogP contribution in [0.15, 0.2) is 17.9 Å². The van der Waals surface area contributed by atoms with E-state index in [0.717, 1.165) is 10.7 Å². The highest BCUT2D eigenvalue weighted by Crippen LogP contribution is 2.17. The molecule has 4 nitrogen and oxygen atoms in total. The zero-order chi connectivity index (χ0) is 10.8. The predicted octanol–water partition coefficient (Wildman–Crippen LogP) is 1.46. The number of rotatable bonds is 3. The zero-order valence-corrected chi connectivity index (χ0v) is 9.53. The van der Waals surface area contributed by atoms with E-state index in [1.165, 1.54) is 0 Å². The molecule has 80 valence electrons. The van der Waals surface area contributed by atoms with E-state index < -0.39 is 6.10 Å². The average Bonchev–Trinajstić information content (AvgIpc) is 2.75. The van der Waals surface area contributed by atoms with Gasteiger partial charge in [-0.3, -0.25) is 0 Å². The summed E-state index contributed by atoms with van der Waals surface area (Å²) in [6, 6.07) is 0. The van der Waals surface area contributed by atoms with Gasteiger partial charge in [0.15, 0.2) is 0 Å². The average molecular weight is 223 g/mol. The van der Waals surface area contributed by atoms with Gasteiger partial charge in [-0.2, -0.15) is 0 Å². The summed E-state index contributed by atoms with van der Waals surface area (Å²) in [7, 11) is 1.89. The summed E-state index contributed by atoms with van der Waals surface area (Å²) >= 11 is 1.60. The number of hydrogen-bond donors (Lipinski definition) is 1. The summed E-state index contributed by atoms with van der Waals surface area (Å²) in [5.74, 6) is 0. The van der Waals surface area contributed by atoms with Crippen molar-refractivity contribution in [3.63, 3.8) is 0 Å². The minimum atomic E-state index is -0.562. The van der Waals surface area contributed by atoms with E-state index >= 15 is 0 Å². The third kappa shape index (κ3) is 2.43. The van der Waals surface area contributed by atoms with E-state index in [2.05, 4.69) is 9.97 Å². The Morgan fingerprint density at radius 1 is 1.60 bits per heavy atom. The molecule has 0 aliphatic carbocycles. The fourth-order valence-electron chi connectivity index (χ4n) is 1.41. The smallest absolute Gasteiger partial charge is 0.103 e. The lowest BCUT2D eigenvalue weighted by Crippen LogP contribution is -2.02. The van der Waals surface area contributed by atoms with Crippen molar-refractivity contribution in [3.05, 3.63) is 34.3 Å². The number of nitrogens with zero attached hydrogens (tertiary/aromatic N) is 3. The molecule has 0 aliphatic rings. The van der Waals surface area contributed by atoms with Gasteiger partial charge < -0.3 is 9.67 Å². The van der Waals surface area contributed by atoms with Crippen molar-refractivity contribution in [2.75, 3.05) is 0 Å². The van der Waals surface area contributed by atoms with Crippen LogP contribution in [0, 0.1) is 6.92 Å². The molecule has 0 saturated heterocycles. The molecule has 2 heterocycles. The molecule has 0 aliphatic heterocycles. The Kier molecular flexibility index (Phi) is 2.83. The molecule has 1 unspecified atom stereocenters. The summed E-state index contributed by atoms with van der Waals surface area (Å²) in [5, 5.41) is 12.9. The summed E-state index contributed by atoms with van der Waals surface area (Å²) in [4.78, 5) is 8.41. The third-order valence-electron chi connectivity index (χ3n) is 2.14. The van der Waals surface area contributed by atoms with Crippen molar-refractivity contribution in [2.45, 2.75) is 19.4 Å². The normalized spacial score (nSPS) is 13.0. The third-order valence-corrected chi connectivity index (χ3v) is 2.96. The first-order valence-corrected chi connectivity index (χ1v) is 5.60. The van der Waals surface area contributed by atoms with Gasteiger partial charge in [-0.1, -0.05) is 0 Å². The van der Waals surface area contributed by atoms with Gasteiger partial charge in [0.1, 0.15) is 6.10 Å². The highest BCUT2D eigenvalue weighted by molar-refractivity contribution is 7.09. The van der Waals surface area contributed by atoms with Crippen molar-refractivity contribution in [2.24, 2.45) is 7.05 Å². The number of aliphatic hydroxyl groups is 1. The molecule has 2 aromatic heterocycles. The maximum atomic E-state index is 9.89. The lowest BCUT2D eigenvalue weighted by Gasteiger charge is -2.04. The van der Waals surface area contributed by atoms with Crippen LogP contribution in [0.3, 0.4) is 0 Å². The molecule has 15 heavy (non-hydrogen) atoms. The Bertz CT molecular complexity index is 449. The van der Waals surface area contributed by atoms with Gasteiger partial charge in [-0.25, -0.2) is 9.97 Å². The van der Waals surface area contributed by atoms with E-state index in [1.807, 2.05) is 30.1 Å². The molecular weight excluding hydrogens is 210 g/mol. The highest BCUT2D eigenvalue weighted by Gasteiger charge is 2.12. The van der Waals surface area contributed by atoms with Gasteiger partial charge in [0.2, 0.25) is 0 Å². The van der Waals surface area contributed by atoms with Crippen molar-refractivity contribution in [1.29, 1.82) is 0 Å². The maximum absolute atomic E-state index is 9.89. The predicted molar refractivity (Wildman–Crippen MR) is 58.7 cm³/mol. The molecule has 1 atom stereocenters. The molecule has 0 radical (unpaired) electrons. The molecule has 0 saturated carbocycles. The van der Waals surface area contributed by atoms with Crippen molar-refractivity contribution >= 4 is 11.3 Å². The van der Waals surface area contributed by atoms with Crippen LogP contribution >= 0.6 is 11.3 Å². The van der Waals surface area contributed by atoms with Gasteiger partial charge in [0.25, 0.3) is 0 Å². The molecule has 1 N–H and O–H groups in total. The SMILES string of the molecule is Cc1nc(CC(O)c2cn(C)cn2)cs1. The first-order valence-electron chi connectivity index (χ1n) is 4.72. The lowest BCUT2D eigenvalue weighted by atomic mass is 10.1. The fraction of sp³-hybridized carbons (Fsp3) is 0.400. The van der Waals surface area contributed by atoms with Crippen LogP contribution in [0.5, 0.6) is 0 Å². The Morgan fingerprint density at radius 2 is 2.40 bits per heavy atom. The fourth-order valence-corrected chi connectivity index (χ4v) is 2.04. The van der Waals surface area contributed by atoms with E-state index in [0.29, 0.717) is 12.1 Å². The second-order valence-electron chi connectivity index (χ2n) is 3.54. The van der Waals surface area contributed by atoms with Crippen LogP contribution in [0.25, 0.3) is 0 Å². The first-order chi connectivity index (χ1) is 7.15. The van der Waals surface area contributed by atoms with E-state index in [-0.39, 0.29) is 0 Å². The Hall–Kier alpha value is -1.20. The summed E-state index contributed by atoms with van der Waals surface area (Å²) < 4.78 is 1.82. The van der Waals surface area contributed by atoms with Gasteiger partial charge >= 0.3 is 0 Å². The minimum Gasteiger partial charge on any atom is -0.386 e. The monoisotopic (exact) mass is 223 g/mol. The zero-order valence-electron chi connectivity index (χ0n) is 8.71. The van der Waals surface area contributed by atoms with Gasteiger partial charge in [-0.15, -0.1) is 11.3 Å². The van der Waals surface area contributed by atoms with Crippen LogP contribution in [0.2, 0.25) is 0 Å². The van der Waals surface area contributed by atoms with E-state index in [9.17, 15) is 5.11 Å². The maximum Gasteiger partial charge on any atom is 0.103 e. The number of aliphatic hydroxyl groups excluding tert-OH is 1. The Balaban J connectivity index is 2.06. The number of thiazole rings is 1. The molecule has 0 spiro atoms. The topological polar surface area (TPSA) is 50.9 Å². The molecule has 2 aromatic rings. The highest BCUT2D eigenvalue weighted by atomic mass is 32.1. The molecule has 2 rings (SSSR count). The number of hydrogen-bond acceptors (Lipinski definition) is 4. The lowest BCUT2D eigenvalue weighted by molar-refractivity contribution is 0.173. The molecule has 0 fully saturated rings. The van der Waals surface area contributed by atoms with Crippen LogP contribution in [0.4, 0.5) is 0 Å². The quantitative estimate of drug-likeness (QED) is 0.857. The summed E-state index contributed by atoms with van der Waals surface area (Å²) in [6.07, 6.45) is 3.48. The Morgan fingerprint density at radius 3 is 2.93 bits per heavy atom. The van der Waals surface area contributed by atoms with Crippen molar-refractivity contribution < 1.29 is 5.11 Å². The number of aromatic nitrogens is 3. The summed E-state index contributed by atoms with van der Waals surface area (Å²) in [6.45, 7) is 1.96. The van der Waals surface area contributed by atoms with Crippen molar-refractivity contribution in [3.8, 4) is 0 Å². The van der Waals surface area contributed by atoms with E-state index in [1.54, 1.807) is 17.7 Å². The standard InChI is InChI=1S/C10H13N3OS/c1-7-12-8(5-15-7)3-10(14)9-4-13(2)6-11-9/h4-6,10,14H,3H2,1-2H3. The van der Waals surface area contributed by atoms with Crippen LogP contribution in [-0.2, 0) is 13.5 Å². The molecule has 5 heteroatoms. The van der Waals surface area contributed by atoms with E-state index in [4.69, 9.17) is 0 Å². The first kappa shape index (κ1) is 10.3. The van der Waals surface area contributed by atoms with Crippen LogP contribution in [0.1, 0.15) is 22.5 Å². The second kappa shape index (κ2) is 4.12. The Labute approximate surface area is 92.2 Å². The van der Waals surface area contributed by atoms with Gasteiger partial charge in [0, 0.05) is 25.0 Å².